The third-order valence-corrected chi connectivity index (χ3v) is 6.00. The van der Waals surface area contributed by atoms with Gasteiger partial charge >= 0.3 is 0 Å². The van der Waals surface area contributed by atoms with Crippen LogP contribution in [-0.4, -0.2) is 0 Å². The van der Waals surface area contributed by atoms with Crippen molar-refractivity contribution in [3.8, 4) is 0 Å². The fourth-order valence-electron chi connectivity index (χ4n) is 2.43. The highest BCUT2D eigenvalue weighted by Gasteiger charge is 2.28. The monoisotopic (exact) mass is 339 g/mol. The van der Waals surface area contributed by atoms with E-state index in [-0.39, 0.29) is 24.4 Å². The molecule has 0 aliphatic heterocycles. The molecule has 0 N–H and O–H groups in total. The zero-order valence-electron chi connectivity index (χ0n) is 13.8. The lowest BCUT2D eigenvalue weighted by Crippen LogP contribution is -2.04. The Morgan fingerprint density at radius 2 is 0.652 bits per heavy atom. The van der Waals surface area contributed by atoms with E-state index in [1.165, 1.54) is 31.4 Å². The predicted molar refractivity (Wildman–Crippen MR) is 106 cm³/mol. The van der Waals surface area contributed by atoms with Crippen molar-refractivity contribution in [3.63, 3.8) is 0 Å². The Hall–Kier alpha value is -1.64. The highest BCUT2D eigenvalue weighted by Crippen LogP contribution is 2.31. The van der Waals surface area contributed by atoms with Crippen LogP contribution in [0.3, 0.4) is 0 Å². The van der Waals surface area contributed by atoms with Gasteiger partial charge in [-0.25, -0.2) is 0 Å². The van der Waals surface area contributed by atoms with Crippen molar-refractivity contribution in [2.45, 2.75) is 35.5 Å². The van der Waals surface area contributed by atoms with E-state index in [2.05, 4.69) is 93.6 Å². The van der Waals surface area contributed by atoms with Gasteiger partial charge in [-0.2, -0.15) is 13.5 Å². The molecule has 0 unspecified atom stereocenters. The normalized spacial score (nSPS) is 10.4. The van der Waals surface area contributed by atoms with Crippen LogP contribution in [0.5, 0.6) is 0 Å². The summed E-state index contributed by atoms with van der Waals surface area (Å²) in [6, 6.07) is 26.8. The van der Waals surface area contributed by atoms with Crippen LogP contribution in [0, 0.1) is 20.8 Å². The van der Waals surface area contributed by atoms with Crippen molar-refractivity contribution in [3.05, 3.63) is 89.5 Å². The molecule has 0 amide bonds. The van der Waals surface area contributed by atoms with Crippen molar-refractivity contribution < 1.29 is 0 Å². The first-order valence-corrected chi connectivity index (χ1v) is 8.80. The van der Waals surface area contributed by atoms with Crippen LogP contribution in [0.15, 0.2) is 87.5 Å². The van der Waals surface area contributed by atoms with Crippen molar-refractivity contribution in [1.82, 2.24) is 0 Å². The van der Waals surface area contributed by atoms with Gasteiger partial charge in [0.15, 0.2) is 14.7 Å². The van der Waals surface area contributed by atoms with Gasteiger partial charge in [-0.15, -0.1) is 0 Å². The minimum Gasteiger partial charge on any atom is -0.197 e. The Morgan fingerprint density at radius 3 is 0.870 bits per heavy atom. The van der Waals surface area contributed by atoms with Crippen LogP contribution in [0.1, 0.15) is 16.7 Å². The van der Waals surface area contributed by atoms with Crippen molar-refractivity contribution in [1.29, 1.82) is 0 Å². The van der Waals surface area contributed by atoms with Gasteiger partial charge in [0.1, 0.15) is 0 Å². The molecule has 23 heavy (non-hydrogen) atoms. The van der Waals surface area contributed by atoms with Crippen LogP contribution in [0.2, 0.25) is 0 Å². The second-order valence-corrected chi connectivity index (χ2v) is 7.77. The number of aryl methyl sites for hydroxylation is 3. The summed E-state index contributed by atoms with van der Waals surface area (Å²) in [5.74, 6) is 0. The number of hydrogen-bond acceptors (Lipinski definition) is 0. The summed E-state index contributed by atoms with van der Waals surface area (Å²) in [6.07, 6.45) is 0. The lowest BCUT2D eigenvalue weighted by Gasteiger charge is -2.09. The minimum absolute atomic E-state index is 0. The average Bonchev–Trinajstić information content (AvgIpc) is 2.53. The van der Waals surface area contributed by atoms with E-state index in [1.54, 1.807) is 0 Å². The summed E-state index contributed by atoms with van der Waals surface area (Å²) in [5.41, 5.74) is 3.92. The molecule has 0 aliphatic rings. The van der Waals surface area contributed by atoms with E-state index in [9.17, 15) is 0 Å². The summed E-state index contributed by atoms with van der Waals surface area (Å²) in [4.78, 5) is 4.12. The molecule has 0 aromatic heterocycles. The van der Waals surface area contributed by atoms with Crippen LogP contribution < -0.4 is 0 Å². The molecule has 0 radical (unpaired) electrons. The molecule has 0 spiro atoms. The molecule has 118 valence electrons. The van der Waals surface area contributed by atoms with Gasteiger partial charge in [-0.1, -0.05) is 53.1 Å². The van der Waals surface area contributed by atoms with Gasteiger partial charge in [0.2, 0.25) is 0 Å². The molecule has 0 atom stereocenters. The first-order valence-electron chi connectivity index (χ1n) is 7.58. The molecule has 0 bridgehead atoms. The smallest absolute Gasteiger partial charge is 0.166 e. The molecule has 2 heteroatoms. The maximum Gasteiger partial charge on any atom is 0.166 e. The van der Waals surface area contributed by atoms with E-state index in [4.69, 9.17) is 0 Å². The van der Waals surface area contributed by atoms with Gasteiger partial charge in [0.05, 0.1) is 10.9 Å². The van der Waals surface area contributed by atoms with Gasteiger partial charge in [0, 0.05) is 0 Å². The van der Waals surface area contributed by atoms with Crippen molar-refractivity contribution in [2.24, 2.45) is 0 Å². The Balaban J connectivity index is 0.00000192. The second kappa shape index (κ2) is 7.76. The van der Waals surface area contributed by atoms with Gasteiger partial charge in [-0.3, -0.25) is 0 Å². The molecule has 3 aromatic rings. The summed E-state index contributed by atoms with van der Waals surface area (Å²) in [6.45, 7) is 6.42. The van der Waals surface area contributed by atoms with E-state index in [0.717, 1.165) is 0 Å². The van der Waals surface area contributed by atoms with E-state index in [0.29, 0.717) is 0 Å². The molecule has 0 saturated heterocycles. The summed E-state index contributed by atoms with van der Waals surface area (Å²) < 4.78 is 0. The number of rotatable bonds is 3. The first kappa shape index (κ1) is 17.7. The third-order valence-electron chi connectivity index (χ3n) is 3.77. The number of benzene rings is 3. The molecule has 3 rings (SSSR count). The van der Waals surface area contributed by atoms with E-state index < -0.39 is 0 Å². The average molecular weight is 340 g/mol. The molecule has 0 aliphatic carbocycles. The largest absolute Gasteiger partial charge is 0.197 e. The molecule has 0 nitrogen and oxygen atoms in total. The van der Waals surface area contributed by atoms with Crippen LogP contribution in [-0.2, 0) is 10.9 Å². The Morgan fingerprint density at radius 1 is 0.435 bits per heavy atom. The van der Waals surface area contributed by atoms with Crippen LogP contribution in [0.4, 0.5) is 0 Å². The highest BCUT2D eigenvalue weighted by molar-refractivity contribution is 7.97. The number of hydrogen-bond donors (Lipinski definition) is 0. The first-order chi connectivity index (χ1) is 10.6. The Bertz CT molecular complexity index is 633. The van der Waals surface area contributed by atoms with Crippen LogP contribution >= 0.6 is 13.5 Å². The Labute approximate surface area is 149 Å². The standard InChI is InChI=1S/C21H21S.H2S/c1-16-4-10-19(11-5-16)22(20-12-6-17(2)7-13-20)21-14-8-18(3)9-15-21;/h4-15H,1-3H3;1H2/q+1;. The second-order valence-electron chi connectivity index (χ2n) is 5.75. The fourth-order valence-corrected chi connectivity index (χ4v) is 4.47. The zero-order valence-corrected chi connectivity index (χ0v) is 15.7. The minimum atomic E-state index is -0.0394. The van der Waals surface area contributed by atoms with Gasteiger partial charge in [0.25, 0.3) is 0 Å². The van der Waals surface area contributed by atoms with Crippen molar-refractivity contribution in [2.75, 3.05) is 0 Å². The predicted octanol–water partition coefficient (Wildman–Crippen LogP) is 5.82. The molecule has 3 aromatic carbocycles. The Kier molecular flexibility index (Phi) is 5.97. The topological polar surface area (TPSA) is 0 Å². The molecular formula is C21H23S2+. The van der Waals surface area contributed by atoms with Crippen molar-refractivity contribution >= 4 is 24.4 Å². The third kappa shape index (κ3) is 4.21. The highest BCUT2D eigenvalue weighted by atomic mass is 32.2. The van der Waals surface area contributed by atoms with Gasteiger partial charge in [-0.05, 0) is 57.2 Å². The van der Waals surface area contributed by atoms with Crippen LogP contribution in [0.25, 0.3) is 0 Å². The lowest BCUT2D eigenvalue weighted by atomic mass is 10.2. The van der Waals surface area contributed by atoms with E-state index in [1.807, 2.05) is 0 Å². The lowest BCUT2D eigenvalue weighted by molar-refractivity contribution is 1.28. The van der Waals surface area contributed by atoms with E-state index >= 15 is 0 Å². The zero-order chi connectivity index (χ0) is 15.5. The molecule has 0 fully saturated rings. The summed E-state index contributed by atoms with van der Waals surface area (Å²) >= 11 is 0. The quantitative estimate of drug-likeness (QED) is 0.527. The molecular weight excluding hydrogens is 316 g/mol. The maximum atomic E-state index is 2.26. The van der Waals surface area contributed by atoms with Gasteiger partial charge < -0.3 is 0 Å². The molecule has 0 heterocycles. The molecule has 0 saturated carbocycles. The summed E-state index contributed by atoms with van der Waals surface area (Å²) in [5, 5.41) is 0. The summed E-state index contributed by atoms with van der Waals surface area (Å²) in [7, 11) is -0.0394. The fraction of sp³-hybridized carbons (Fsp3) is 0.143. The maximum absolute atomic E-state index is 2.26. The SMILES string of the molecule is Cc1ccc([S+](c2ccc(C)cc2)c2ccc(C)cc2)cc1.S.